The number of carboxylic acid groups (broad SMARTS) is 1. The Morgan fingerprint density at radius 1 is 1.40 bits per heavy atom. The van der Waals surface area contributed by atoms with E-state index >= 15 is 0 Å². The highest BCUT2D eigenvalue weighted by Crippen LogP contribution is 2.15. The molecule has 0 aromatic heterocycles. The van der Waals surface area contributed by atoms with Gasteiger partial charge >= 0.3 is 5.97 Å². The van der Waals surface area contributed by atoms with Crippen molar-refractivity contribution in [3.05, 3.63) is 29.8 Å². The highest BCUT2D eigenvalue weighted by atomic mass is 16.5. The van der Waals surface area contributed by atoms with Crippen LogP contribution in [0, 0.1) is 0 Å². The van der Waals surface area contributed by atoms with E-state index in [4.69, 9.17) is 9.84 Å². The van der Waals surface area contributed by atoms with E-state index < -0.39 is 5.97 Å². The van der Waals surface area contributed by atoms with Crippen LogP contribution in [0.1, 0.15) is 37.0 Å². The molecule has 0 aliphatic rings. The number of hydrogen-bond donors (Lipinski definition) is 1. The number of carbonyl (C=O) groups is 1. The van der Waals surface area contributed by atoms with Gasteiger partial charge in [0.2, 0.25) is 0 Å². The summed E-state index contributed by atoms with van der Waals surface area (Å²) >= 11 is 0. The van der Waals surface area contributed by atoms with Gasteiger partial charge in [-0.1, -0.05) is 13.3 Å². The summed E-state index contributed by atoms with van der Waals surface area (Å²) in [5.41, 5.74) is 0.283. The molecule has 1 aromatic rings. The number of carboxylic acids is 1. The van der Waals surface area contributed by atoms with E-state index in [1.54, 1.807) is 24.3 Å². The van der Waals surface area contributed by atoms with Crippen LogP contribution in [0.4, 0.5) is 0 Å². The maximum Gasteiger partial charge on any atom is 0.335 e. The Balaban J connectivity index is 2.60. The number of rotatable bonds is 5. The van der Waals surface area contributed by atoms with Crippen molar-refractivity contribution in [1.82, 2.24) is 0 Å². The Morgan fingerprint density at radius 2 is 2.00 bits per heavy atom. The number of ether oxygens (including phenoxy) is 1. The molecule has 0 heterocycles. The molecular formula is C12H16O3. The quantitative estimate of drug-likeness (QED) is 0.809. The van der Waals surface area contributed by atoms with E-state index in [0.29, 0.717) is 0 Å². The van der Waals surface area contributed by atoms with Crippen LogP contribution in [0.5, 0.6) is 5.75 Å². The molecule has 15 heavy (non-hydrogen) atoms. The van der Waals surface area contributed by atoms with Gasteiger partial charge < -0.3 is 9.84 Å². The van der Waals surface area contributed by atoms with Crippen molar-refractivity contribution in [2.24, 2.45) is 0 Å². The summed E-state index contributed by atoms with van der Waals surface area (Å²) in [6.45, 7) is 4.11. The van der Waals surface area contributed by atoms with Crippen LogP contribution >= 0.6 is 0 Å². The predicted octanol–water partition coefficient (Wildman–Crippen LogP) is 2.95. The van der Waals surface area contributed by atoms with Crippen LogP contribution in [-0.2, 0) is 0 Å². The molecule has 0 saturated heterocycles. The molecule has 82 valence electrons. The zero-order valence-corrected chi connectivity index (χ0v) is 9.06. The molecule has 1 aromatic carbocycles. The van der Waals surface area contributed by atoms with E-state index in [1.165, 1.54) is 0 Å². The fourth-order valence-electron chi connectivity index (χ4n) is 1.37. The number of aromatic carboxylic acids is 1. The first-order chi connectivity index (χ1) is 7.13. The van der Waals surface area contributed by atoms with E-state index in [-0.39, 0.29) is 11.7 Å². The standard InChI is InChI=1S/C12H16O3/c1-3-4-9(2)15-11-7-5-10(6-8-11)12(13)14/h5-9H,3-4H2,1-2H3,(H,13,14). The van der Waals surface area contributed by atoms with E-state index in [2.05, 4.69) is 6.92 Å². The molecule has 0 amide bonds. The zero-order chi connectivity index (χ0) is 11.3. The van der Waals surface area contributed by atoms with Gasteiger partial charge in [-0.2, -0.15) is 0 Å². The summed E-state index contributed by atoms with van der Waals surface area (Å²) in [5.74, 6) is -0.191. The zero-order valence-electron chi connectivity index (χ0n) is 9.06. The van der Waals surface area contributed by atoms with Crippen LogP contribution in [0.2, 0.25) is 0 Å². The van der Waals surface area contributed by atoms with Crippen LogP contribution in [-0.4, -0.2) is 17.2 Å². The maximum atomic E-state index is 10.6. The molecule has 0 aliphatic carbocycles. The first kappa shape index (κ1) is 11.6. The minimum atomic E-state index is -0.914. The van der Waals surface area contributed by atoms with Crippen LogP contribution in [0.3, 0.4) is 0 Å². The summed E-state index contributed by atoms with van der Waals surface area (Å²) in [4.78, 5) is 10.6. The molecule has 0 saturated carbocycles. The summed E-state index contributed by atoms with van der Waals surface area (Å²) in [6.07, 6.45) is 2.25. The number of hydrogen-bond acceptors (Lipinski definition) is 2. The average Bonchev–Trinajstić information content (AvgIpc) is 2.18. The van der Waals surface area contributed by atoms with Gasteiger partial charge in [0.1, 0.15) is 5.75 Å². The Morgan fingerprint density at radius 3 is 2.47 bits per heavy atom. The van der Waals surface area contributed by atoms with Gasteiger partial charge in [-0.25, -0.2) is 4.79 Å². The summed E-state index contributed by atoms with van der Waals surface area (Å²) in [7, 11) is 0. The topological polar surface area (TPSA) is 46.5 Å². The molecule has 0 spiro atoms. The van der Waals surface area contributed by atoms with Gasteiger partial charge in [0.05, 0.1) is 11.7 Å². The van der Waals surface area contributed by atoms with Gasteiger partial charge in [0.25, 0.3) is 0 Å². The Labute approximate surface area is 89.7 Å². The van der Waals surface area contributed by atoms with Crippen molar-refractivity contribution in [2.45, 2.75) is 32.8 Å². The third-order valence-electron chi connectivity index (χ3n) is 2.13. The third-order valence-corrected chi connectivity index (χ3v) is 2.13. The minimum Gasteiger partial charge on any atom is -0.491 e. The molecule has 3 heteroatoms. The van der Waals surface area contributed by atoms with E-state index in [1.807, 2.05) is 6.92 Å². The SMILES string of the molecule is CCCC(C)Oc1ccc(C(=O)O)cc1. The second-order valence-electron chi connectivity index (χ2n) is 3.55. The lowest BCUT2D eigenvalue weighted by molar-refractivity contribution is 0.0697. The van der Waals surface area contributed by atoms with Crippen LogP contribution < -0.4 is 4.74 Å². The second kappa shape index (κ2) is 5.39. The van der Waals surface area contributed by atoms with Gasteiger partial charge in [-0.3, -0.25) is 0 Å². The molecular weight excluding hydrogens is 192 g/mol. The molecule has 3 nitrogen and oxygen atoms in total. The van der Waals surface area contributed by atoms with Gasteiger partial charge in [0, 0.05) is 0 Å². The molecule has 1 atom stereocenters. The van der Waals surface area contributed by atoms with Gasteiger partial charge in [0.15, 0.2) is 0 Å². The lowest BCUT2D eigenvalue weighted by Crippen LogP contribution is -2.10. The molecule has 0 bridgehead atoms. The van der Waals surface area contributed by atoms with E-state index in [0.717, 1.165) is 18.6 Å². The lowest BCUT2D eigenvalue weighted by atomic mass is 10.2. The van der Waals surface area contributed by atoms with Crippen LogP contribution in [0.15, 0.2) is 24.3 Å². The van der Waals surface area contributed by atoms with Crippen molar-refractivity contribution in [1.29, 1.82) is 0 Å². The lowest BCUT2D eigenvalue weighted by Gasteiger charge is -2.13. The molecule has 1 rings (SSSR count). The summed E-state index contributed by atoms with van der Waals surface area (Å²) < 4.78 is 5.60. The van der Waals surface area contributed by atoms with Crippen molar-refractivity contribution in [3.63, 3.8) is 0 Å². The van der Waals surface area contributed by atoms with Crippen molar-refractivity contribution in [2.75, 3.05) is 0 Å². The highest BCUT2D eigenvalue weighted by Gasteiger charge is 2.04. The average molecular weight is 208 g/mol. The Kier molecular flexibility index (Phi) is 4.16. The third kappa shape index (κ3) is 3.62. The molecule has 1 N–H and O–H groups in total. The summed E-state index contributed by atoms with van der Waals surface area (Å²) in [6, 6.07) is 6.48. The minimum absolute atomic E-state index is 0.172. The van der Waals surface area contributed by atoms with E-state index in [9.17, 15) is 4.79 Å². The Hall–Kier alpha value is -1.51. The number of benzene rings is 1. The maximum absolute atomic E-state index is 10.6. The second-order valence-corrected chi connectivity index (χ2v) is 3.55. The Bertz CT molecular complexity index is 316. The fraction of sp³-hybridized carbons (Fsp3) is 0.417. The van der Waals surface area contributed by atoms with Gasteiger partial charge in [-0.05, 0) is 37.6 Å². The normalized spacial score (nSPS) is 12.1. The predicted molar refractivity (Wildman–Crippen MR) is 58.4 cm³/mol. The first-order valence-electron chi connectivity index (χ1n) is 5.13. The monoisotopic (exact) mass is 208 g/mol. The van der Waals surface area contributed by atoms with Crippen molar-refractivity contribution >= 4 is 5.97 Å². The largest absolute Gasteiger partial charge is 0.491 e. The smallest absolute Gasteiger partial charge is 0.335 e. The van der Waals surface area contributed by atoms with Crippen molar-refractivity contribution < 1.29 is 14.6 Å². The van der Waals surface area contributed by atoms with Gasteiger partial charge in [-0.15, -0.1) is 0 Å². The molecule has 1 unspecified atom stereocenters. The van der Waals surface area contributed by atoms with Crippen LogP contribution in [0.25, 0.3) is 0 Å². The molecule has 0 aliphatic heterocycles. The molecule has 0 fully saturated rings. The summed E-state index contributed by atoms with van der Waals surface area (Å²) in [5, 5.41) is 8.70. The first-order valence-corrected chi connectivity index (χ1v) is 5.13. The fourth-order valence-corrected chi connectivity index (χ4v) is 1.37. The van der Waals surface area contributed by atoms with Crippen molar-refractivity contribution in [3.8, 4) is 5.75 Å². The molecule has 0 radical (unpaired) electrons. The highest BCUT2D eigenvalue weighted by molar-refractivity contribution is 5.87.